The molecule has 29 heavy (non-hydrogen) atoms. The van der Waals surface area contributed by atoms with Gasteiger partial charge in [-0.25, -0.2) is 4.90 Å². The van der Waals surface area contributed by atoms with E-state index in [1.807, 2.05) is 36.6 Å². The third-order valence-electron chi connectivity index (χ3n) is 4.32. The molecule has 1 aliphatic heterocycles. The Morgan fingerprint density at radius 2 is 1.93 bits per heavy atom. The fraction of sp³-hybridized carbons (Fsp3) is 0.182. The number of ether oxygens (including phenoxy) is 1. The predicted molar refractivity (Wildman–Crippen MR) is 116 cm³/mol. The van der Waals surface area contributed by atoms with Crippen LogP contribution in [0.1, 0.15) is 24.0 Å². The standard InChI is InChI=1S/C22H19NO4S2/c1-2-11-27-17-9-4-3-8-16(17)23-21(24)19(18-10-6-13-28-18)20(22(23)25)29-14-15-7-5-12-26-15/h3-10,12-13H,2,11,14H2,1H3. The predicted octanol–water partition coefficient (Wildman–Crippen LogP) is 5.35. The van der Waals surface area contributed by atoms with Crippen molar-refractivity contribution in [3.63, 3.8) is 0 Å². The van der Waals surface area contributed by atoms with Crippen LogP contribution in [0.25, 0.3) is 5.57 Å². The van der Waals surface area contributed by atoms with Crippen molar-refractivity contribution in [2.75, 3.05) is 11.5 Å². The number of amides is 2. The molecule has 4 rings (SSSR count). The second-order valence-electron chi connectivity index (χ2n) is 6.31. The number of anilines is 1. The number of carbonyl (C=O) groups excluding carboxylic acids is 2. The van der Waals surface area contributed by atoms with Gasteiger partial charge >= 0.3 is 0 Å². The van der Waals surface area contributed by atoms with Crippen LogP contribution < -0.4 is 9.64 Å². The molecule has 0 saturated heterocycles. The van der Waals surface area contributed by atoms with Gasteiger partial charge < -0.3 is 9.15 Å². The van der Waals surface area contributed by atoms with Gasteiger partial charge in [0, 0.05) is 4.88 Å². The first-order chi connectivity index (χ1) is 14.2. The fourth-order valence-electron chi connectivity index (χ4n) is 3.01. The summed E-state index contributed by atoms with van der Waals surface area (Å²) < 4.78 is 11.2. The highest BCUT2D eigenvalue weighted by molar-refractivity contribution is 8.03. The molecule has 2 aromatic heterocycles. The molecule has 0 N–H and O–H groups in total. The van der Waals surface area contributed by atoms with Crippen LogP contribution in [0.5, 0.6) is 5.75 Å². The molecule has 7 heteroatoms. The van der Waals surface area contributed by atoms with E-state index >= 15 is 0 Å². The summed E-state index contributed by atoms with van der Waals surface area (Å²) in [5.41, 5.74) is 0.908. The Balaban J connectivity index is 1.71. The lowest BCUT2D eigenvalue weighted by molar-refractivity contribution is -0.119. The Bertz CT molecular complexity index is 1040. The normalized spacial score (nSPS) is 14.2. The summed E-state index contributed by atoms with van der Waals surface area (Å²) >= 11 is 2.76. The summed E-state index contributed by atoms with van der Waals surface area (Å²) in [5, 5.41) is 1.90. The Morgan fingerprint density at radius 1 is 1.07 bits per heavy atom. The topological polar surface area (TPSA) is 59.8 Å². The van der Waals surface area contributed by atoms with Crippen molar-refractivity contribution in [1.82, 2.24) is 0 Å². The second kappa shape index (κ2) is 8.71. The third-order valence-corrected chi connectivity index (χ3v) is 6.30. The molecule has 0 saturated carbocycles. The molecule has 0 spiro atoms. The number of imide groups is 1. The first kappa shape index (κ1) is 19.5. The number of carbonyl (C=O) groups is 2. The highest BCUT2D eigenvalue weighted by Crippen LogP contribution is 2.43. The molecule has 0 radical (unpaired) electrons. The van der Waals surface area contributed by atoms with Crippen LogP contribution in [0.3, 0.4) is 0 Å². The van der Waals surface area contributed by atoms with Gasteiger partial charge in [-0.3, -0.25) is 9.59 Å². The summed E-state index contributed by atoms with van der Waals surface area (Å²) in [6.07, 6.45) is 2.43. The first-order valence-corrected chi connectivity index (χ1v) is 11.1. The van der Waals surface area contributed by atoms with E-state index in [9.17, 15) is 9.59 Å². The van der Waals surface area contributed by atoms with Gasteiger partial charge in [-0.1, -0.05) is 25.1 Å². The van der Waals surface area contributed by atoms with Crippen LogP contribution in [0, 0.1) is 0 Å². The molecule has 148 valence electrons. The minimum absolute atomic E-state index is 0.327. The van der Waals surface area contributed by atoms with Gasteiger partial charge in [0.2, 0.25) is 0 Å². The van der Waals surface area contributed by atoms with Gasteiger partial charge in [0.05, 0.1) is 34.8 Å². The number of benzene rings is 1. The number of thiophene rings is 1. The van der Waals surface area contributed by atoms with Gasteiger partial charge in [0.1, 0.15) is 11.5 Å². The molecule has 0 atom stereocenters. The zero-order chi connectivity index (χ0) is 20.2. The van der Waals surface area contributed by atoms with Crippen molar-refractivity contribution in [1.29, 1.82) is 0 Å². The maximum Gasteiger partial charge on any atom is 0.272 e. The lowest BCUT2D eigenvalue weighted by atomic mass is 10.2. The van der Waals surface area contributed by atoms with E-state index in [-0.39, 0.29) is 11.8 Å². The summed E-state index contributed by atoms with van der Waals surface area (Å²) in [7, 11) is 0. The van der Waals surface area contributed by atoms with E-state index in [4.69, 9.17) is 9.15 Å². The lowest BCUT2D eigenvalue weighted by Gasteiger charge is -2.19. The van der Waals surface area contributed by atoms with E-state index in [1.165, 1.54) is 28.0 Å². The van der Waals surface area contributed by atoms with E-state index in [2.05, 4.69) is 0 Å². The number of para-hydroxylation sites is 2. The summed E-state index contributed by atoms with van der Waals surface area (Å²) in [6.45, 7) is 2.52. The number of thioether (sulfide) groups is 1. The molecule has 0 aliphatic carbocycles. The molecule has 0 fully saturated rings. The average Bonchev–Trinajstić information content (AvgIpc) is 3.47. The maximum atomic E-state index is 13.4. The van der Waals surface area contributed by atoms with E-state index < -0.39 is 0 Å². The van der Waals surface area contributed by atoms with Gasteiger partial charge in [-0.05, 0) is 42.1 Å². The molecule has 3 heterocycles. The minimum Gasteiger partial charge on any atom is -0.491 e. The van der Waals surface area contributed by atoms with Crippen molar-refractivity contribution in [3.05, 3.63) is 75.7 Å². The Hall–Kier alpha value is -2.77. The van der Waals surface area contributed by atoms with Crippen molar-refractivity contribution < 1.29 is 18.7 Å². The SMILES string of the molecule is CCCOc1ccccc1N1C(=O)C(SCc2ccco2)=C(c2cccs2)C1=O. The first-order valence-electron chi connectivity index (χ1n) is 9.24. The number of furan rings is 1. The quantitative estimate of drug-likeness (QED) is 0.456. The molecular weight excluding hydrogens is 406 g/mol. The molecule has 0 unspecified atom stereocenters. The highest BCUT2D eigenvalue weighted by atomic mass is 32.2. The maximum absolute atomic E-state index is 13.4. The van der Waals surface area contributed by atoms with Gasteiger partial charge in [-0.2, -0.15) is 0 Å². The van der Waals surface area contributed by atoms with Crippen LogP contribution in [-0.4, -0.2) is 18.4 Å². The van der Waals surface area contributed by atoms with Crippen molar-refractivity contribution in [2.45, 2.75) is 19.1 Å². The van der Waals surface area contributed by atoms with Crippen LogP contribution in [0.2, 0.25) is 0 Å². The summed E-state index contributed by atoms with van der Waals surface area (Å²) in [4.78, 5) is 29.2. The molecular formula is C22H19NO4S2. The number of hydrogen-bond donors (Lipinski definition) is 0. The number of hydrogen-bond acceptors (Lipinski definition) is 6. The summed E-state index contributed by atoms with van der Waals surface area (Å²) in [6, 6.07) is 14.6. The largest absolute Gasteiger partial charge is 0.491 e. The molecule has 0 bridgehead atoms. The minimum atomic E-state index is -0.331. The zero-order valence-electron chi connectivity index (χ0n) is 15.8. The molecule has 1 aliphatic rings. The third kappa shape index (κ3) is 3.88. The van der Waals surface area contributed by atoms with Crippen molar-refractivity contribution >= 4 is 46.2 Å². The average molecular weight is 426 g/mol. The number of nitrogens with zero attached hydrogens (tertiary/aromatic N) is 1. The smallest absolute Gasteiger partial charge is 0.272 e. The molecule has 5 nitrogen and oxygen atoms in total. The fourth-order valence-corrected chi connectivity index (χ4v) is 4.85. The van der Waals surface area contributed by atoms with Crippen LogP contribution >= 0.6 is 23.1 Å². The Kier molecular flexibility index (Phi) is 5.87. The van der Waals surface area contributed by atoms with Gasteiger partial charge in [0.25, 0.3) is 11.8 Å². The van der Waals surface area contributed by atoms with Crippen molar-refractivity contribution in [3.8, 4) is 5.75 Å². The Labute approximate surface area is 177 Å². The highest BCUT2D eigenvalue weighted by Gasteiger charge is 2.41. The van der Waals surface area contributed by atoms with E-state index in [0.29, 0.717) is 34.3 Å². The van der Waals surface area contributed by atoms with Crippen LogP contribution in [-0.2, 0) is 15.3 Å². The van der Waals surface area contributed by atoms with E-state index in [0.717, 1.165) is 17.1 Å². The van der Waals surface area contributed by atoms with Crippen molar-refractivity contribution in [2.24, 2.45) is 0 Å². The molecule has 2 amide bonds. The lowest BCUT2D eigenvalue weighted by Crippen LogP contribution is -2.31. The van der Waals surface area contributed by atoms with Crippen LogP contribution in [0.15, 0.2) is 69.5 Å². The van der Waals surface area contributed by atoms with Gasteiger partial charge in [0.15, 0.2) is 0 Å². The zero-order valence-corrected chi connectivity index (χ0v) is 17.4. The second-order valence-corrected chi connectivity index (χ2v) is 8.24. The monoisotopic (exact) mass is 425 g/mol. The summed E-state index contributed by atoms with van der Waals surface area (Å²) in [5.74, 6) is 1.09. The molecule has 1 aromatic carbocycles. The van der Waals surface area contributed by atoms with Gasteiger partial charge in [-0.15, -0.1) is 23.1 Å². The van der Waals surface area contributed by atoms with Crippen LogP contribution in [0.4, 0.5) is 5.69 Å². The molecule has 3 aromatic rings. The van der Waals surface area contributed by atoms with E-state index in [1.54, 1.807) is 30.5 Å². The number of rotatable bonds is 8. The Morgan fingerprint density at radius 3 is 2.66 bits per heavy atom.